The average molecular weight is 247 g/mol. The molecule has 0 spiro atoms. The van der Waals surface area contributed by atoms with Crippen molar-refractivity contribution in [1.82, 2.24) is 4.98 Å². The van der Waals surface area contributed by atoms with Crippen molar-refractivity contribution in [1.29, 1.82) is 0 Å². The molecule has 1 heteroatoms. The first-order valence-electron chi connectivity index (χ1n) is 6.64. The largest absolute Gasteiger partial charge is 0.248 e. The number of aryl methyl sites for hydroxylation is 1. The quantitative estimate of drug-likeness (QED) is 0.700. The minimum Gasteiger partial charge on any atom is -0.248 e. The van der Waals surface area contributed by atoms with Crippen LogP contribution in [0.3, 0.4) is 0 Å². The number of fused-ring (bicyclic) bond motifs is 1. The zero-order valence-electron chi connectivity index (χ0n) is 11.4. The third-order valence-electron chi connectivity index (χ3n) is 3.39. The van der Waals surface area contributed by atoms with Crippen LogP contribution in [0.25, 0.3) is 23.4 Å². The standard InChI is InChI=1S/C18H17N/c1-13-5-4-8-16(11-13)17-10-9-15-7-3-6-14(2)12-18(15)19-17/h3-5,7-12H,6H2,1-2H3. The normalized spacial score (nSPS) is 13.7. The van der Waals surface area contributed by atoms with Gasteiger partial charge < -0.3 is 0 Å². The topological polar surface area (TPSA) is 12.9 Å². The van der Waals surface area contributed by atoms with Crippen molar-refractivity contribution in [2.45, 2.75) is 20.3 Å². The summed E-state index contributed by atoms with van der Waals surface area (Å²) in [5.74, 6) is 0. The summed E-state index contributed by atoms with van der Waals surface area (Å²) < 4.78 is 0. The smallest absolute Gasteiger partial charge is 0.0709 e. The first-order valence-corrected chi connectivity index (χ1v) is 6.64. The van der Waals surface area contributed by atoms with Gasteiger partial charge in [0.1, 0.15) is 0 Å². The van der Waals surface area contributed by atoms with Gasteiger partial charge in [0.25, 0.3) is 0 Å². The molecule has 0 atom stereocenters. The average Bonchev–Trinajstić information content (AvgIpc) is 2.58. The Kier molecular flexibility index (Phi) is 3.04. The van der Waals surface area contributed by atoms with E-state index < -0.39 is 0 Å². The van der Waals surface area contributed by atoms with Crippen LogP contribution in [0.4, 0.5) is 0 Å². The Morgan fingerprint density at radius 1 is 1.05 bits per heavy atom. The molecule has 2 aromatic rings. The molecule has 0 radical (unpaired) electrons. The number of rotatable bonds is 1. The van der Waals surface area contributed by atoms with Crippen molar-refractivity contribution in [3.05, 3.63) is 64.9 Å². The molecule has 0 saturated heterocycles. The maximum atomic E-state index is 4.81. The van der Waals surface area contributed by atoms with Crippen molar-refractivity contribution in [3.63, 3.8) is 0 Å². The van der Waals surface area contributed by atoms with Crippen LogP contribution in [0.5, 0.6) is 0 Å². The van der Waals surface area contributed by atoms with Crippen LogP contribution in [0.2, 0.25) is 0 Å². The molecule has 0 fully saturated rings. The molecule has 1 aliphatic rings. The van der Waals surface area contributed by atoms with Gasteiger partial charge in [-0.05, 0) is 44.0 Å². The lowest BCUT2D eigenvalue weighted by Crippen LogP contribution is -1.91. The van der Waals surface area contributed by atoms with E-state index in [-0.39, 0.29) is 0 Å². The summed E-state index contributed by atoms with van der Waals surface area (Å²) in [5, 5.41) is 0. The van der Waals surface area contributed by atoms with Crippen molar-refractivity contribution < 1.29 is 0 Å². The predicted octanol–water partition coefficient (Wildman–Crippen LogP) is 4.88. The summed E-state index contributed by atoms with van der Waals surface area (Å²) >= 11 is 0. The maximum Gasteiger partial charge on any atom is 0.0709 e. The Labute approximate surface area is 114 Å². The molecule has 1 aromatic carbocycles. The van der Waals surface area contributed by atoms with Gasteiger partial charge in [0, 0.05) is 5.56 Å². The van der Waals surface area contributed by atoms with Crippen LogP contribution >= 0.6 is 0 Å². The van der Waals surface area contributed by atoms with Gasteiger partial charge in [-0.15, -0.1) is 0 Å². The van der Waals surface area contributed by atoms with Crippen LogP contribution in [-0.4, -0.2) is 4.98 Å². The van der Waals surface area contributed by atoms with Crippen molar-refractivity contribution in [2.75, 3.05) is 0 Å². The van der Waals surface area contributed by atoms with Gasteiger partial charge in [-0.2, -0.15) is 0 Å². The fraction of sp³-hybridized carbons (Fsp3) is 0.167. The Hall–Kier alpha value is -2.15. The van der Waals surface area contributed by atoms with Crippen LogP contribution in [0.1, 0.15) is 30.2 Å². The van der Waals surface area contributed by atoms with Gasteiger partial charge in [-0.3, -0.25) is 0 Å². The molecule has 1 aromatic heterocycles. The highest BCUT2D eigenvalue weighted by molar-refractivity contribution is 5.70. The van der Waals surface area contributed by atoms with E-state index in [4.69, 9.17) is 4.98 Å². The fourth-order valence-electron chi connectivity index (χ4n) is 2.37. The monoisotopic (exact) mass is 247 g/mol. The summed E-state index contributed by atoms with van der Waals surface area (Å²) in [6, 6.07) is 12.7. The molecule has 0 N–H and O–H groups in total. The number of aromatic nitrogens is 1. The lowest BCUT2D eigenvalue weighted by molar-refractivity contribution is 1.23. The summed E-state index contributed by atoms with van der Waals surface area (Å²) in [4.78, 5) is 4.81. The third-order valence-corrected chi connectivity index (χ3v) is 3.39. The Morgan fingerprint density at radius 3 is 2.79 bits per heavy atom. The third kappa shape index (κ3) is 2.50. The van der Waals surface area contributed by atoms with E-state index in [1.54, 1.807) is 0 Å². The van der Waals surface area contributed by atoms with E-state index in [0.717, 1.165) is 17.8 Å². The molecule has 3 rings (SSSR count). The van der Waals surface area contributed by atoms with E-state index >= 15 is 0 Å². The number of allylic oxidation sites excluding steroid dienone is 2. The molecular formula is C18H17N. The summed E-state index contributed by atoms with van der Waals surface area (Å²) in [6.45, 7) is 4.26. The molecule has 0 aliphatic heterocycles. The highest BCUT2D eigenvalue weighted by Gasteiger charge is 2.06. The van der Waals surface area contributed by atoms with Gasteiger partial charge in [-0.1, -0.05) is 47.6 Å². The molecule has 0 unspecified atom stereocenters. The molecule has 0 amide bonds. The number of benzene rings is 1. The fourth-order valence-corrected chi connectivity index (χ4v) is 2.37. The second kappa shape index (κ2) is 4.85. The van der Waals surface area contributed by atoms with E-state index in [2.05, 4.69) is 68.5 Å². The molecule has 1 aliphatic carbocycles. The van der Waals surface area contributed by atoms with E-state index in [9.17, 15) is 0 Å². The molecular weight excluding hydrogens is 230 g/mol. The molecule has 1 nitrogen and oxygen atoms in total. The van der Waals surface area contributed by atoms with Gasteiger partial charge in [0.05, 0.1) is 11.4 Å². The SMILES string of the molecule is CC1=Cc2nc(-c3cccc(C)c3)ccc2C=CC1. The number of nitrogens with zero attached hydrogens (tertiary/aromatic N) is 1. The highest BCUT2D eigenvalue weighted by atomic mass is 14.7. The first-order chi connectivity index (χ1) is 9.22. The van der Waals surface area contributed by atoms with Gasteiger partial charge in [0.2, 0.25) is 0 Å². The predicted molar refractivity (Wildman–Crippen MR) is 81.7 cm³/mol. The van der Waals surface area contributed by atoms with Gasteiger partial charge >= 0.3 is 0 Å². The minimum absolute atomic E-state index is 1.01. The van der Waals surface area contributed by atoms with Gasteiger partial charge in [0.15, 0.2) is 0 Å². The van der Waals surface area contributed by atoms with Crippen LogP contribution in [0, 0.1) is 6.92 Å². The van der Waals surface area contributed by atoms with Crippen molar-refractivity contribution >= 4 is 12.2 Å². The number of pyridine rings is 1. The zero-order chi connectivity index (χ0) is 13.2. The summed E-state index contributed by atoms with van der Waals surface area (Å²) in [6.07, 6.45) is 7.56. The molecule has 0 saturated carbocycles. The Morgan fingerprint density at radius 2 is 1.95 bits per heavy atom. The van der Waals surface area contributed by atoms with Crippen LogP contribution < -0.4 is 0 Å². The van der Waals surface area contributed by atoms with Crippen molar-refractivity contribution in [2.24, 2.45) is 0 Å². The van der Waals surface area contributed by atoms with Crippen molar-refractivity contribution in [3.8, 4) is 11.3 Å². The second-order valence-corrected chi connectivity index (χ2v) is 5.14. The summed E-state index contributed by atoms with van der Waals surface area (Å²) in [7, 11) is 0. The summed E-state index contributed by atoms with van der Waals surface area (Å²) in [5.41, 5.74) is 7.12. The number of hydrogen-bond donors (Lipinski definition) is 0. The second-order valence-electron chi connectivity index (χ2n) is 5.14. The van der Waals surface area contributed by atoms with E-state index in [1.165, 1.54) is 22.3 Å². The van der Waals surface area contributed by atoms with Crippen LogP contribution in [-0.2, 0) is 0 Å². The van der Waals surface area contributed by atoms with E-state index in [0.29, 0.717) is 0 Å². The maximum absolute atomic E-state index is 4.81. The zero-order valence-corrected chi connectivity index (χ0v) is 11.4. The minimum atomic E-state index is 1.01. The molecule has 1 heterocycles. The lowest BCUT2D eigenvalue weighted by Gasteiger charge is -2.06. The lowest BCUT2D eigenvalue weighted by atomic mass is 10.1. The van der Waals surface area contributed by atoms with E-state index in [1.807, 2.05) is 0 Å². The first kappa shape index (κ1) is 11.9. The Balaban J connectivity index is 2.11. The molecule has 0 bridgehead atoms. The highest BCUT2D eigenvalue weighted by Crippen LogP contribution is 2.24. The molecule has 94 valence electrons. The van der Waals surface area contributed by atoms with Gasteiger partial charge in [-0.25, -0.2) is 4.98 Å². The molecule has 19 heavy (non-hydrogen) atoms. The van der Waals surface area contributed by atoms with Crippen LogP contribution in [0.15, 0.2) is 48.0 Å². The Bertz CT molecular complexity index is 678. The number of hydrogen-bond acceptors (Lipinski definition) is 1.